The van der Waals surface area contributed by atoms with Crippen molar-refractivity contribution in [3.63, 3.8) is 0 Å². The Morgan fingerprint density at radius 2 is 1.58 bits per heavy atom. The Balaban J connectivity index is 2.16. The van der Waals surface area contributed by atoms with E-state index in [1.165, 1.54) is 11.1 Å². The van der Waals surface area contributed by atoms with Gasteiger partial charge in [0.2, 0.25) is 0 Å². The minimum Gasteiger partial charge on any atom is -0.334 e. The number of rotatable bonds is 2. The van der Waals surface area contributed by atoms with E-state index in [4.69, 9.17) is 0 Å². The van der Waals surface area contributed by atoms with Gasteiger partial charge in [-0.2, -0.15) is 0 Å². The van der Waals surface area contributed by atoms with Crippen molar-refractivity contribution in [1.29, 1.82) is 0 Å². The summed E-state index contributed by atoms with van der Waals surface area (Å²) in [5.74, 6) is 0. The minimum atomic E-state index is -2.76. The molecule has 0 fully saturated rings. The SMILES string of the molecule is Cc1cn2c(c1-c1ccccc1)P(=O)(C(C)C)c1ccccc1C2(C)C. The largest absolute Gasteiger partial charge is 0.334 e. The molecule has 1 aromatic heterocycles. The predicted molar refractivity (Wildman–Crippen MR) is 111 cm³/mol. The molecule has 134 valence electrons. The van der Waals surface area contributed by atoms with E-state index >= 15 is 0 Å². The first kappa shape index (κ1) is 17.4. The highest BCUT2D eigenvalue weighted by Gasteiger charge is 2.47. The summed E-state index contributed by atoms with van der Waals surface area (Å²) in [5.41, 5.74) is 5.49. The summed E-state index contributed by atoms with van der Waals surface area (Å²) in [5, 5.41) is 1.03. The molecule has 2 aromatic carbocycles. The van der Waals surface area contributed by atoms with Gasteiger partial charge in [-0.25, -0.2) is 0 Å². The van der Waals surface area contributed by atoms with E-state index in [-0.39, 0.29) is 11.2 Å². The number of hydrogen-bond acceptors (Lipinski definition) is 1. The van der Waals surface area contributed by atoms with E-state index in [2.05, 4.69) is 87.8 Å². The maximum Gasteiger partial charge on any atom is 0.162 e. The summed E-state index contributed by atoms with van der Waals surface area (Å²) in [6.07, 6.45) is 2.20. The van der Waals surface area contributed by atoms with Gasteiger partial charge in [-0.15, -0.1) is 0 Å². The maximum atomic E-state index is 14.7. The molecule has 0 radical (unpaired) electrons. The normalized spacial score (nSPS) is 20.7. The molecule has 0 amide bonds. The van der Waals surface area contributed by atoms with Crippen molar-refractivity contribution < 1.29 is 4.57 Å². The maximum absolute atomic E-state index is 14.7. The number of nitrogens with zero attached hydrogens (tertiary/aromatic N) is 1. The molecule has 0 N–H and O–H groups in total. The molecule has 0 aliphatic carbocycles. The van der Waals surface area contributed by atoms with Crippen molar-refractivity contribution in [2.75, 3.05) is 0 Å². The highest BCUT2D eigenvalue weighted by atomic mass is 31.2. The summed E-state index contributed by atoms with van der Waals surface area (Å²) in [6.45, 7) is 10.8. The lowest BCUT2D eigenvalue weighted by molar-refractivity contribution is 0.442. The fourth-order valence-corrected chi connectivity index (χ4v) is 7.93. The predicted octanol–water partition coefficient (Wildman–Crippen LogP) is 5.28. The lowest BCUT2D eigenvalue weighted by Crippen LogP contribution is -2.46. The first-order chi connectivity index (χ1) is 12.3. The van der Waals surface area contributed by atoms with Gasteiger partial charge in [-0.05, 0) is 37.5 Å². The van der Waals surface area contributed by atoms with E-state index in [9.17, 15) is 4.57 Å². The van der Waals surface area contributed by atoms with Gasteiger partial charge in [0, 0.05) is 22.7 Å². The Hall–Kier alpha value is -2.05. The second-order valence-corrected chi connectivity index (χ2v) is 11.3. The molecular weight excluding hydrogens is 337 g/mol. The lowest BCUT2D eigenvalue weighted by Gasteiger charge is -2.41. The first-order valence-electron chi connectivity index (χ1n) is 9.27. The number of hydrogen-bond donors (Lipinski definition) is 0. The van der Waals surface area contributed by atoms with Crippen molar-refractivity contribution in [1.82, 2.24) is 4.57 Å². The van der Waals surface area contributed by atoms with Crippen LogP contribution in [0, 0.1) is 6.92 Å². The zero-order valence-electron chi connectivity index (χ0n) is 16.2. The van der Waals surface area contributed by atoms with Crippen LogP contribution in [0.1, 0.15) is 38.8 Å². The number of fused-ring (bicyclic) bond motifs is 2. The van der Waals surface area contributed by atoms with Crippen molar-refractivity contribution in [2.24, 2.45) is 0 Å². The van der Waals surface area contributed by atoms with Gasteiger partial charge >= 0.3 is 0 Å². The number of benzene rings is 2. The zero-order chi connectivity index (χ0) is 18.7. The van der Waals surface area contributed by atoms with Gasteiger partial charge in [0.15, 0.2) is 7.14 Å². The monoisotopic (exact) mass is 363 g/mol. The Kier molecular flexibility index (Phi) is 3.82. The molecule has 2 heterocycles. The summed E-state index contributed by atoms with van der Waals surface area (Å²) in [4.78, 5) is 0. The smallest absolute Gasteiger partial charge is 0.162 e. The van der Waals surface area contributed by atoms with Gasteiger partial charge in [-0.3, -0.25) is 0 Å². The van der Waals surface area contributed by atoms with Crippen molar-refractivity contribution >= 4 is 17.9 Å². The van der Waals surface area contributed by atoms with Crippen LogP contribution in [0.2, 0.25) is 0 Å². The van der Waals surface area contributed by atoms with Crippen LogP contribution in [-0.4, -0.2) is 10.2 Å². The minimum absolute atomic E-state index is 0.0512. The lowest BCUT2D eigenvalue weighted by atomic mass is 9.93. The van der Waals surface area contributed by atoms with Gasteiger partial charge in [-0.1, -0.05) is 68.4 Å². The molecule has 1 aliphatic heterocycles. The van der Waals surface area contributed by atoms with Gasteiger partial charge in [0.05, 0.1) is 11.0 Å². The zero-order valence-corrected chi connectivity index (χ0v) is 17.0. The third-order valence-corrected chi connectivity index (χ3v) is 9.43. The van der Waals surface area contributed by atoms with Gasteiger partial charge < -0.3 is 9.13 Å². The quantitative estimate of drug-likeness (QED) is 0.568. The van der Waals surface area contributed by atoms with Crippen LogP contribution in [0.25, 0.3) is 11.1 Å². The van der Waals surface area contributed by atoms with Gasteiger partial charge in [0.1, 0.15) is 0 Å². The number of aromatic nitrogens is 1. The Labute approximate surface area is 156 Å². The molecule has 1 aliphatic rings. The first-order valence-corrected chi connectivity index (χ1v) is 11.1. The molecule has 3 aromatic rings. The standard InChI is InChI=1S/C23H26NOP/c1-16(2)26(25)20-14-10-9-13-19(20)23(4,5)24-15-17(3)21(22(24)26)18-11-7-6-8-12-18/h6-16H,1-5H3. The molecule has 1 unspecified atom stereocenters. The Bertz CT molecular complexity index is 1030. The summed E-state index contributed by atoms with van der Waals surface area (Å²) < 4.78 is 16.9. The van der Waals surface area contributed by atoms with Crippen molar-refractivity contribution in [3.05, 3.63) is 71.9 Å². The molecule has 0 spiro atoms. The molecular formula is C23H26NOP. The highest BCUT2D eigenvalue weighted by molar-refractivity contribution is 7.79. The van der Waals surface area contributed by atoms with Crippen LogP contribution in [0.15, 0.2) is 60.8 Å². The second kappa shape index (κ2) is 5.72. The highest BCUT2D eigenvalue weighted by Crippen LogP contribution is 2.56. The molecule has 26 heavy (non-hydrogen) atoms. The van der Waals surface area contributed by atoms with Crippen LogP contribution < -0.4 is 10.7 Å². The fraction of sp³-hybridized carbons (Fsp3) is 0.304. The second-order valence-electron chi connectivity index (χ2n) is 8.07. The van der Waals surface area contributed by atoms with E-state index in [1.807, 2.05) is 12.1 Å². The van der Waals surface area contributed by atoms with E-state index in [0.717, 1.165) is 21.9 Å². The Morgan fingerprint density at radius 1 is 0.962 bits per heavy atom. The molecule has 3 heteroatoms. The molecule has 0 bridgehead atoms. The molecule has 2 nitrogen and oxygen atoms in total. The van der Waals surface area contributed by atoms with Crippen LogP contribution in [-0.2, 0) is 10.1 Å². The van der Waals surface area contributed by atoms with Gasteiger partial charge in [0.25, 0.3) is 0 Å². The molecule has 4 rings (SSSR count). The summed E-state index contributed by atoms with van der Waals surface area (Å²) in [7, 11) is -2.76. The molecule has 1 atom stereocenters. The summed E-state index contributed by atoms with van der Waals surface area (Å²) in [6, 6.07) is 18.7. The topological polar surface area (TPSA) is 22.0 Å². The average molecular weight is 363 g/mol. The van der Waals surface area contributed by atoms with Crippen LogP contribution in [0.4, 0.5) is 0 Å². The third kappa shape index (κ3) is 2.15. The third-order valence-electron chi connectivity index (χ3n) is 5.80. The Morgan fingerprint density at radius 3 is 2.23 bits per heavy atom. The van der Waals surface area contributed by atoms with Crippen molar-refractivity contribution in [3.8, 4) is 11.1 Å². The molecule has 0 saturated carbocycles. The summed E-state index contributed by atoms with van der Waals surface area (Å²) >= 11 is 0. The van der Waals surface area contributed by atoms with E-state index < -0.39 is 7.14 Å². The fourth-order valence-electron chi connectivity index (χ4n) is 4.38. The van der Waals surface area contributed by atoms with Crippen LogP contribution in [0.5, 0.6) is 0 Å². The molecule has 0 saturated heterocycles. The van der Waals surface area contributed by atoms with E-state index in [1.54, 1.807) is 0 Å². The average Bonchev–Trinajstić information content (AvgIpc) is 2.99. The van der Waals surface area contributed by atoms with Crippen LogP contribution in [0.3, 0.4) is 0 Å². The number of aryl methyl sites for hydroxylation is 1. The van der Waals surface area contributed by atoms with Crippen molar-refractivity contribution in [2.45, 2.75) is 45.8 Å². The van der Waals surface area contributed by atoms with E-state index in [0.29, 0.717) is 0 Å². The van der Waals surface area contributed by atoms with Crippen LogP contribution >= 0.6 is 7.14 Å².